The number of hydrogen-bond acceptors (Lipinski definition) is 3. The van der Waals surface area contributed by atoms with Gasteiger partial charge < -0.3 is 5.11 Å². The second-order valence-corrected chi connectivity index (χ2v) is 2.72. The zero-order chi connectivity index (χ0) is 10.3. The molecule has 0 spiro atoms. The molecule has 0 radical (unpaired) electrons. The molecule has 72 valence electrons. The highest BCUT2D eigenvalue weighted by molar-refractivity contribution is 6.42. The molecule has 1 rings (SSSR count). The maximum absolute atomic E-state index is 12.1. The molecule has 0 heterocycles. The standard InChI is InChI=1S/C7H5F3O3/c8-7(9,10)6(13)2-1-4(11)5(12)3-6/h1-2,13H,3H2. The Morgan fingerprint density at radius 1 is 1.38 bits per heavy atom. The Labute approximate surface area is 70.8 Å². The SMILES string of the molecule is O=C1C=CC(O)(C(F)(F)F)CC1=O. The van der Waals surface area contributed by atoms with E-state index in [2.05, 4.69) is 0 Å². The van der Waals surface area contributed by atoms with Crippen LogP contribution in [0.5, 0.6) is 0 Å². The first-order valence-electron chi connectivity index (χ1n) is 3.32. The van der Waals surface area contributed by atoms with E-state index in [9.17, 15) is 22.8 Å². The summed E-state index contributed by atoms with van der Waals surface area (Å²) in [6, 6.07) is 0. The average Bonchev–Trinajstić information content (AvgIpc) is 1.95. The van der Waals surface area contributed by atoms with Gasteiger partial charge in [-0.25, -0.2) is 0 Å². The highest BCUT2D eigenvalue weighted by atomic mass is 19.4. The maximum Gasteiger partial charge on any atom is 0.421 e. The van der Waals surface area contributed by atoms with E-state index in [1.807, 2.05) is 0 Å². The number of rotatable bonds is 0. The van der Waals surface area contributed by atoms with Crippen LogP contribution in [0.4, 0.5) is 13.2 Å². The summed E-state index contributed by atoms with van der Waals surface area (Å²) >= 11 is 0. The Balaban J connectivity index is 3.03. The highest BCUT2D eigenvalue weighted by Crippen LogP contribution is 2.36. The monoisotopic (exact) mass is 194 g/mol. The van der Waals surface area contributed by atoms with Gasteiger partial charge in [0.1, 0.15) is 0 Å². The summed E-state index contributed by atoms with van der Waals surface area (Å²) in [6.45, 7) is 0. The van der Waals surface area contributed by atoms with Gasteiger partial charge in [0.05, 0.1) is 6.42 Å². The third kappa shape index (κ3) is 1.62. The molecule has 0 aromatic rings. The normalized spacial score (nSPS) is 29.5. The van der Waals surface area contributed by atoms with Crippen molar-refractivity contribution in [3.63, 3.8) is 0 Å². The summed E-state index contributed by atoms with van der Waals surface area (Å²) in [4.78, 5) is 21.1. The number of alkyl halides is 3. The predicted octanol–water partition coefficient (Wildman–Crippen LogP) is 0.378. The Morgan fingerprint density at radius 3 is 2.31 bits per heavy atom. The van der Waals surface area contributed by atoms with Crippen molar-refractivity contribution in [1.82, 2.24) is 0 Å². The van der Waals surface area contributed by atoms with Gasteiger partial charge in [-0.2, -0.15) is 13.2 Å². The largest absolute Gasteiger partial charge is 0.421 e. The second-order valence-electron chi connectivity index (χ2n) is 2.72. The minimum Gasteiger partial charge on any atom is -0.376 e. The molecule has 6 heteroatoms. The fourth-order valence-corrected chi connectivity index (χ4v) is 0.892. The summed E-state index contributed by atoms with van der Waals surface area (Å²) in [5.41, 5.74) is -3.18. The van der Waals surface area contributed by atoms with E-state index in [0.29, 0.717) is 12.2 Å². The fourth-order valence-electron chi connectivity index (χ4n) is 0.892. The number of Topliss-reactive ketones (excluding diaryl/α,β-unsaturated/α-hetero) is 1. The molecule has 1 unspecified atom stereocenters. The van der Waals surface area contributed by atoms with E-state index in [-0.39, 0.29) is 0 Å². The third-order valence-electron chi connectivity index (χ3n) is 1.71. The fraction of sp³-hybridized carbons (Fsp3) is 0.429. The van der Waals surface area contributed by atoms with Crippen LogP contribution in [0.3, 0.4) is 0 Å². The Morgan fingerprint density at radius 2 is 1.92 bits per heavy atom. The van der Waals surface area contributed by atoms with Crippen LogP contribution in [0.15, 0.2) is 12.2 Å². The lowest BCUT2D eigenvalue weighted by Gasteiger charge is -2.28. The number of aliphatic hydroxyl groups is 1. The molecule has 1 N–H and O–H groups in total. The molecule has 0 amide bonds. The molecule has 0 saturated heterocycles. The molecular weight excluding hydrogens is 189 g/mol. The predicted molar refractivity (Wildman–Crippen MR) is 34.8 cm³/mol. The van der Waals surface area contributed by atoms with Crippen molar-refractivity contribution in [3.8, 4) is 0 Å². The van der Waals surface area contributed by atoms with Crippen molar-refractivity contribution >= 4 is 11.6 Å². The minimum atomic E-state index is -4.93. The van der Waals surface area contributed by atoms with Gasteiger partial charge in [-0.15, -0.1) is 0 Å². The lowest BCUT2D eigenvalue weighted by atomic mass is 9.89. The van der Waals surface area contributed by atoms with Gasteiger partial charge in [0.25, 0.3) is 0 Å². The van der Waals surface area contributed by atoms with Crippen molar-refractivity contribution in [2.75, 3.05) is 0 Å². The summed E-state index contributed by atoms with van der Waals surface area (Å²) in [6.07, 6.45) is -5.41. The topological polar surface area (TPSA) is 54.4 Å². The van der Waals surface area contributed by atoms with Gasteiger partial charge in [-0.3, -0.25) is 9.59 Å². The number of carbonyl (C=O) groups excluding carboxylic acids is 2. The second kappa shape index (κ2) is 2.66. The van der Waals surface area contributed by atoms with Gasteiger partial charge in [-0.05, 0) is 12.2 Å². The maximum atomic E-state index is 12.1. The van der Waals surface area contributed by atoms with E-state index < -0.39 is 29.8 Å². The number of hydrogen-bond donors (Lipinski definition) is 1. The minimum absolute atomic E-state index is 0.302. The van der Waals surface area contributed by atoms with Crippen LogP contribution in [0, 0.1) is 0 Å². The molecular formula is C7H5F3O3. The van der Waals surface area contributed by atoms with Crippen LogP contribution >= 0.6 is 0 Å². The molecule has 0 bridgehead atoms. The molecule has 1 atom stereocenters. The molecule has 1 aliphatic carbocycles. The molecule has 3 nitrogen and oxygen atoms in total. The first kappa shape index (κ1) is 9.91. The number of allylic oxidation sites excluding steroid dienone is 1. The van der Waals surface area contributed by atoms with E-state index in [4.69, 9.17) is 5.11 Å². The third-order valence-corrected chi connectivity index (χ3v) is 1.71. The lowest BCUT2D eigenvalue weighted by Crippen LogP contribution is -2.48. The molecule has 0 fully saturated rings. The zero-order valence-corrected chi connectivity index (χ0v) is 6.26. The van der Waals surface area contributed by atoms with Crippen LogP contribution in [0.1, 0.15) is 6.42 Å². The van der Waals surface area contributed by atoms with E-state index >= 15 is 0 Å². The Hall–Kier alpha value is -1.17. The number of carbonyl (C=O) groups is 2. The summed E-state index contributed by atoms with van der Waals surface area (Å²) in [5.74, 6) is -2.25. The van der Waals surface area contributed by atoms with Gasteiger partial charge in [0.15, 0.2) is 5.60 Å². The smallest absolute Gasteiger partial charge is 0.376 e. The molecule has 0 aromatic heterocycles. The van der Waals surface area contributed by atoms with Crippen LogP contribution in [0.2, 0.25) is 0 Å². The molecule has 13 heavy (non-hydrogen) atoms. The zero-order valence-electron chi connectivity index (χ0n) is 6.26. The van der Waals surface area contributed by atoms with Crippen LogP contribution in [0.25, 0.3) is 0 Å². The van der Waals surface area contributed by atoms with Crippen LogP contribution in [-0.2, 0) is 9.59 Å². The highest BCUT2D eigenvalue weighted by Gasteiger charge is 2.54. The molecule has 0 aromatic carbocycles. The summed E-state index contributed by atoms with van der Waals surface area (Å²) in [5, 5.41) is 8.91. The quantitative estimate of drug-likeness (QED) is 0.567. The summed E-state index contributed by atoms with van der Waals surface area (Å²) < 4.78 is 36.2. The molecule has 0 aliphatic heterocycles. The van der Waals surface area contributed by atoms with Gasteiger partial charge >= 0.3 is 6.18 Å². The van der Waals surface area contributed by atoms with Crippen molar-refractivity contribution in [2.45, 2.75) is 18.2 Å². The van der Waals surface area contributed by atoms with Gasteiger partial charge in [-0.1, -0.05) is 0 Å². The van der Waals surface area contributed by atoms with Gasteiger partial charge in [0.2, 0.25) is 11.6 Å². The molecule has 1 aliphatic rings. The number of ketones is 2. The molecule has 0 saturated carbocycles. The van der Waals surface area contributed by atoms with E-state index in [1.54, 1.807) is 0 Å². The van der Waals surface area contributed by atoms with E-state index in [1.165, 1.54) is 0 Å². The van der Waals surface area contributed by atoms with Crippen LogP contribution < -0.4 is 0 Å². The van der Waals surface area contributed by atoms with Crippen molar-refractivity contribution < 1.29 is 27.9 Å². The Kier molecular flexibility index (Phi) is 2.03. The first-order chi connectivity index (χ1) is 5.76. The van der Waals surface area contributed by atoms with E-state index in [0.717, 1.165) is 0 Å². The van der Waals surface area contributed by atoms with Crippen LogP contribution in [-0.4, -0.2) is 28.5 Å². The van der Waals surface area contributed by atoms with Crippen molar-refractivity contribution in [2.24, 2.45) is 0 Å². The lowest BCUT2D eigenvalue weighted by molar-refractivity contribution is -0.241. The first-order valence-corrected chi connectivity index (χ1v) is 3.32. The van der Waals surface area contributed by atoms with Crippen molar-refractivity contribution in [1.29, 1.82) is 0 Å². The van der Waals surface area contributed by atoms with Gasteiger partial charge in [0, 0.05) is 0 Å². The summed E-state index contributed by atoms with van der Waals surface area (Å²) in [7, 11) is 0. The van der Waals surface area contributed by atoms with Crippen molar-refractivity contribution in [3.05, 3.63) is 12.2 Å². The number of halogens is 3. The average molecular weight is 194 g/mol. The Bertz CT molecular complexity index is 292.